The number of rotatable bonds is 7. The molecule has 7 heteroatoms. The number of hydrogen-bond acceptors (Lipinski definition) is 3. The molecule has 0 heterocycles. The van der Waals surface area contributed by atoms with E-state index < -0.39 is 0 Å². The van der Waals surface area contributed by atoms with E-state index in [1.165, 1.54) is 6.07 Å². The minimum absolute atomic E-state index is 0.0637. The number of carbonyl (C=O) groups excluding carboxylic acids is 1. The van der Waals surface area contributed by atoms with Crippen molar-refractivity contribution in [2.45, 2.75) is 18.7 Å². The topological polar surface area (TPSA) is 56.7 Å². The Hall–Kier alpha value is -1.76. The van der Waals surface area contributed by atoms with Crippen LogP contribution in [-0.4, -0.2) is 50.7 Å². The standard InChI is InChI=1S/C16H25FN4OS/c1-18-16(19-8-7-15(22)21(2)3)20-10-12-5-6-14(17)9-13(12)11-23-4/h5-6,9H,7-8,10-11H2,1-4H3,(H2,18,19,20). The lowest BCUT2D eigenvalue weighted by Gasteiger charge is -2.15. The number of nitrogens with zero attached hydrogens (tertiary/aromatic N) is 2. The summed E-state index contributed by atoms with van der Waals surface area (Å²) in [5, 5.41) is 6.29. The van der Waals surface area contributed by atoms with E-state index in [1.54, 1.807) is 49.9 Å². The summed E-state index contributed by atoms with van der Waals surface area (Å²) in [5.74, 6) is 1.23. The van der Waals surface area contributed by atoms with E-state index in [0.29, 0.717) is 25.5 Å². The van der Waals surface area contributed by atoms with E-state index in [1.807, 2.05) is 6.26 Å². The van der Waals surface area contributed by atoms with Crippen LogP contribution in [0.1, 0.15) is 17.5 Å². The maximum Gasteiger partial charge on any atom is 0.223 e. The third kappa shape index (κ3) is 6.90. The van der Waals surface area contributed by atoms with Gasteiger partial charge in [0, 0.05) is 46.4 Å². The van der Waals surface area contributed by atoms with Gasteiger partial charge in [-0.2, -0.15) is 11.8 Å². The predicted molar refractivity (Wildman–Crippen MR) is 95.1 cm³/mol. The van der Waals surface area contributed by atoms with Gasteiger partial charge < -0.3 is 15.5 Å². The van der Waals surface area contributed by atoms with Crippen molar-refractivity contribution in [2.24, 2.45) is 4.99 Å². The molecule has 0 aromatic heterocycles. The van der Waals surface area contributed by atoms with Crippen molar-refractivity contribution >= 4 is 23.6 Å². The molecule has 1 aromatic carbocycles. The Morgan fingerprint density at radius 3 is 2.65 bits per heavy atom. The molecule has 5 nitrogen and oxygen atoms in total. The number of amides is 1. The van der Waals surface area contributed by atoms with Crippen molar-refractivity contribution in [3.8, 4) is 0 Å². The lowest BCUT2D eigenvalue weighted by molar-refractivity contribution is -0.128. The number of thioether (sulfide) groups is 1. The summed E-state index contributed by atoms with van der Waals surface area (Å²) in [4.78, 5) is 17.2. The van der Waals surface area contributed by atoms with E-state index >= 15 is 0 Å². The normalized spacial score (nSPS) is 11.3. The monoisotopic (exact) mass is 340 g/mol. The van der Waals surface area contributed by atoms with E-state index in [9.17, 15) is 9.18 Å². The Kier molecular flexibility index (Phi) is 8.47. The summed E-state index contributed by atoms with van der Waals surface area (Å²) in [7, 11) is 5.14. The molecule has 0 saturated heterocycles. The molecule has 0 spiro atoms. The highest BCUT2D eigenvalue weighted by atomic mass is 32.2. The highest BCUT2D eigenvalue weighted by Crippen LogP contribution is 2.16. The van der Waals surface area contributed by atoms with Gasteiger partial charge in [-0.3, -0.25) is 9.79 Å². The summed E-state index contributed by atoms with van der Waals surface area (Å²) in [6.07, 6.45) is 2.40. The molecule has 0 fully saturated rings. The Morgan fingerprint density at radius 2 is 2.04 bits per heavy atom. The first kappa shape index (κ1) is 19.3. The van der Waals surface area contributed by atoms with Gasteiger partial charge in [0.05, 0.1) is 0 Å². The number of nitrogens with one attached hydrogen (secondary N) is 2. The lowest BCUT2D eigenvalue weighted by Crippen LogP contribution is -2.39. The summed E-state index contributed by atoms with van der Waals surface area (Å²) < 4.78 is 13.3. The van der Waals surface area contributed by atoms with Crippen LogP contribution in [-0.2, 0) is 17.1 Å². The third-order valence-electron chi connectivity index (χ3n) is 3.27. The second-order valence-electron chi connectivity index (χ2n) is 5.24. The van der Waals surface area contributed by atoms with Crippen LogP contribution >= 0.6 is 11.8 Å². The number of halogens is 1. The number of carbonyl (C=O) groups is 1. The molecule has 1 amide bonds. The van der Waals surface area contributed by atoms with E-state index in [0.717, 1.165) is 16.9 Å². The van der Waals surface area contributed by atoms with Crippen molar-refractivity contribution in [3.63, 3.8) is 0 Å². The fraction of sp³-hybridized carbons (Fsp3) is 0.500. The van der Waals surface area contributed by atoms with Crippen molar-refractivity contribution in [1.82, 2.24) is 15.5 Å². The van der Waals surface area contributed by atoms with E-state index in [4.69, 9.17) is 0 Å². The van der Waals surface area contributed by atoms with Gasteiger partial charge in [0.1, 0.15) is 5.82 Å². The molecule has 0 unspecified atom stereocenters. The maximum atomic E-state index is 13.3. The number of aliphatic imine (C=N–C) groups is 1. The SMILES string of the molecule is CN=C(NCCC(=O)N(C)C)NCc1ccc(F)cc1CSC. The molecule has 128 valence electrons. The highest BCUT2D eigenvalue weighted by molar-refractivity contribution is 7.97. The van der Waals surface area contributed by atoms with Crippen LogP contribution in [0.3, 0.4) is 0 Å². The van der Waals surface area contributed by atoms with Gasteiger partial charge >= 0.3 is 0 Å². The number of benzene rings is 1. The Labute approximate surface area is 141 Å². The molecular formula is C16H25FN4OS. The van der Waals surface area contributed by atoms with E-state index in [2.05, 4.69) is 15.6 Å². The quantitative estimate of drug-likeness (QED) is 0.587. The molecule has 0 atom stereocenters. The predicted octanol–water partition coefficient (Wildman–Crippen LogP) is 1.83. The van der Waals surface area contributed by atoms with Crippen molar-refractivity contribution in [3.05, 3.63) is 35.1 Å². The van der Waals surface area contributed by atoms with Crippen molar-refractivity contribution in [1.29, 1.82) is 0 Å². The summed E-state index contributed by atoms with van der Waals surface area (Å²) in [6.45, 7) is 1.06. The maximum absolute atomic E-state index is 13.3. The summed E-state index contributed by atoms with van der Waals surface area (Å²) in [5.41, 5.74) is 2.01. The molecular weight excluding hydrogens is 315 g/mol. The molecule has 0 saturated carbocycles. The first-order chi connectivity index (χ1) is 11.0. The van der Waals surface area contributed by atoms with Crippen molar-refractivity contribution < 1.29 is 9.18 Å². The first-order valence-electron chi connectivity index (χ1n) is 7.38. The molecule has 0 aliphatic rings. The number of guanidine groups is 1. The molecule has 1 aromatic rings. The lowest BCUT2D eigenvalue weighted by atomic mass is 10.1. The van der Waals surface area contributed by atoms with Crippen molar-refractivity contribution in [2.75, 3.05) is 33.9 Å². The Balaban J connectivity index is 2.53. The third-order valence-corrected chi connectivity index (χ3v) is 3.87. The van der Waals surface area contributed by atoms with Gasteiger partial charge in [-0.05, 0) is 29.5 Å². The van der Waals surface area contributed by atoms with Gasteiger partial charge in [-0.1, -0.05) is 6.07 Å². The second kappa shape index (κ2) is 10.1. The molecule has 0 aliphatic heterocycles. The van der Waals surface area contributed by atoms with Gasteiger partial charge in [0.25, 0.3) is 0 Å². The zero-order valence-electron chi connectivity index (χ0n) is 14.1. The van der Waals surface area contributed by atoms with Gasteiger partial charge in [0.15, 0.2) is 5.96 Å². The van der Waals surface area contributed by atoms with Crippen LogP contribution in [0.4, 0.5) is 4.39 Å². The molecule has 0 bridgehead atoms. The molecule has 0 aliphatic carbocycles. The Morgan fingerprint density at radius 1 is 1.30 bits per heavy atom. The van der Waals surface area contributed by atoms with Crippen LogP contribution in [0.25, 0.3) is 0 Å². The fourth-order valence-corrected chi connectivity index (χ4v) is 2.55. The molecule has 1 rings (SSSR count). The average Bonchev–Trinajstić information content (AvgIpc) is 2.52. The second-order valence-corrected chi connectivity index (χ2v) is 6.10. The van der Waals surface area contributed by atoms with Gasteiger partial charge in [0.2, 0.25) is 5.91 Å². The fourth-order valence-electron chi connectivity index (χ4n) is 1.97. The van der Waals surface area contributed by atoms with Gasteiger partial charge in [-0.25, -0.2) is 4.39 Å². The average molecular weight is 340 g/mol. The zero-order valence-corrected chi connectivity index (χ0v) is 15.0. The minimum Gasteiger partial charge on any atom is -0.356 e. The summed E-state index contributed by atoms with van der Waals surface area (Å²) in [6, 6.07) is 4.82. The largest absolute Gasteiger partial charge is 0.356 e. The number of hydrogen-bond donors (Lipinski definition) is 2. The van der Waals surface area contributed by atoms with Gasteiger partial charge in [-0.15, -0.1) is 0 Å². The summed E-state index contributed by atoms with van der Waals surface area (Å²) >= 11 is 1.65. The Bertz CT molecular complexity index is 549. The van der Waals surface area contributed by atoms with Crippen LogP contribution in [0.2, 0.25) is 0 Å². The molecule has 2 N–H and O–H groups in total. The zero-order chi connectivity index (χ0) is 17.2. The van der Waals surface area contributed by atoms with Crippen LogP contribution in [0, 0.1) is 5.82 Å². The van der Waals surface area contributed by atoms with Crippen LogP contribution in [0.15, 0.2) is 23.2 Å². The smallest absolute Gasteiger partial charge is 0.223 e. The van der Waals surface area contributed by atoms with Crippen LogP contribution in [0.5, 0.6) is 0 Å². The molecule has 23 heavy (non-hydrogen) atoms. The first-order valence-corrected chi connectivity index (χ1v) is 8.78. The molecule has 0 radical (unpaired) electrons. The highest BCUT2D eigenvalue weighted by Gasteiger charge is 2.07. The minimum atomic E-state index is -0.220. The van der Waals surface area contributed by atoms with E-state index in [-0.39, 0.29) is 11.7 Å². The van der Waals surface area contributed by atoms with Crippen LogP contribution < -0.4 is 10.6 Å².